The van der Waals surface area contributed by atoms with Gasteiger partial charge < -0.3 is 29.2 Å². The Labute approximate surface area is 269 Å². The molecule has 1 aliphatic carbocycles. The second-order valence-corrected chi connectivity index (χ2v) is 11.2. The number of hydrogen-bond acceptors (Lipinski definition) is 8. The number of aryl methyl sites for hydroxylation is 1. The molecule has 1 saturated carbocycles. The van der Waals surface area contributed by atoms with Gasteiger partial charge in [-0.3, -0.25) is 0 Å². The highest BCUT2D eigenvalue weighted by molar-refractivity contribution is 5.88. The van der Waals surface area contributed by atoms with Gasteiger partial charge in [0.15, 0.2) is 0 Å². The van der Waals surface area contributed by atoms with Crippen molar-refractivity contribution in [1.29, 1.82) is 0 Å². The topological polar surface area (TPSA) is 112 Å². The van der Waals surface area contributed by atoms with E-state index in [1.54, 1.807) is 6.07 Å². The third-order valence-electron chi connectivity index (χ3n) is 8.02. The number of aliphatic hydroxyl groups excluding tert-OH is 2. The highest BCUT2D eigenvalue weighted by atomic mass is 19.3. The Balaban J connectivity index is 1.74. The Morgan fingerprint density at radius 3 is 1.91 bits per heavy atom. The summed E-state index contributed by atoms with van der Waals surface area (Å²) in [6, 6.07) is 11.9. The Hall–Kier alpha value is -4.02. The molecular formula is C36H44F2O8. The van der Waals surface area contributed by atoms with Crippen molar-refractivity contribution in [3.05, 3.63) is 84.0 Å². The Morgan fingerprint density at radius 2 is 1.41 bits per heavy atom. The molecule has 1 fully saturated rings. The number of halogens is 2. The maximum atomic E-state index is 12.4. The van der Waals surface area contributed by atoms with Crippen LogP contribution in [0.1, 0.15) is 62.5 Å². The standard InChI is InChI=1S/C36H44F2O8/c1-4-27-18-29(28-10-8-26(9-11-28)6-5-7-34(37)38)12-13-33(27)30-19-31(43-14-16-45-35(41)24(2)22-39)21-32(20-30)44-15-17-46-36(42)25(3)23-40/h7,12-13,18-21,26,28,39-40H,2-6,8-11,14-17,22-23H2,1H3. The molecule has 0 amide bonds. The van der Waals surface area contributed by atoms with Crippen LogP contribution in [0.5, 0.6) is 11.5 Å². The van der Waals surface area contributed by atoms with Crippen molar-refractivity contribution in [1.82, 2.24) is 0 Å². The number of esters is 2. The lowest BCUT2D eigenvalue weighted by Crippen LogP contribution is -2.15. The lowest BCUT2D eigenvalue weighted by Gasteiger charge is -2.29. The smallest absolute Gasteiger partial charge is 0.335 e. The second kappa shape index (κ2) is 18.8. The molecule has 46 heavy (non-hydrogen) atoms. The van der Waals surface area contributed by atoms with Gasteiger partial charge in [0.05, 0.1) is 24.4 Å². The Bertz CT molecular complexity index is 1320. The largest absolute Gasteiger partial charge is 0.490 e. The molecule has 250 valence electrons. The molecule has 10 heteroatoms. The summed E-state index contributed by atoms with van der Waals surface area (Å²) in [6.45, 7) is 8.00. The number of carbonyl (C=O) groups is 2. The fourth-order valence-electron chi connectivity index (χ4n) is 5.47. The molecule has 0 radical (unpaired) electrons. The third-order valence-corrected chi connectivity index (χ3v) is 8.02. The van der Waals surface area contributed by atoms with Crippen LogP contribution in [0.15, 0.2) is 72.9 Å². The van der Waals surface area contributed by atoms with E-state index in [9.17, 15) is 18.4 Å². The van der Waals surface area contributed by atoms with Gasteiger partial charge in [0, 0.05) is 6.07 Å². The number of hydrogen-bond donors (Lipinski definition) is 2. The van der Waals surface area contributed by atoms with Crippen LogP contribution in [-0.2, 0) is 25.5 Å². The average Bonchev–Trinajstić information content (AvgIpc) is 3.07. The van der Waals surface area contributed by atoms with Crippen LogP contribution in [0.3, 0.4) is 0 Å². The summed E-state index contributed by atoms with van der Waals surface area (Å²) in [4.78, 5) is 23.6. The minimum Gasteiger partial charge on any atom is -0.490 e. The summed E-state index contributed by atoms with van der Waals surface area (Å²) in [5.41, 5.74) is 4.18. The van der Waals surface area contributed by atoms with E-state index >= 15 is 0 Å². The van der Waals surface area contributed by atoms with Crippen LogP contribution in [0.25, 0.3) is 11.1 Å². The molecule has 0 unspecified atom stereocenters. The van der Waals surface area contributed by atoms with Gasteiger partial charge in [0.25, 0.3) is 6.08 Å². The highest BCUT2D eigenvalue weighted by Gasteiger charge is 2.23. The number of ether oxygens (including phenoxy) is 4. The molecule has 0 saturated heterocycles. The number of allylic oxidation sites excluding steroid dienone is 1. The van der Waals surface area contributed by atoms with E-state index < -0.39 is 31.2 Å². The molecule has 0 heterocycles. The summed E-state index contributed by atoms with van der Waals surface area (Å²) in [5.74, 6) is 0.448. The number of benzene rings is 2. The van der Waals surface area contributed by atoms with Gasteiger partial charge in [-0.2, -0.15) is 8.78 Å². The van der Waals surface area contributed by atoms with Crippen molar-refractivity contribution in [2.75, 3.05) is 39.6 Å². The molecule has 3 rings (SSSR count). The molecule has 8 nitrogen and oxygen atoms in total. The predicted octanol–water partition coefficient (Wildman–Crippen LogP) is 6.69. The molecular weight excluding hydrogens is 598 g/mol. The van der Waals surface area contributed by atoms with E-state index in [1.807, 2.05) is 12.1 Å². The predicted molar refractivity (Wildman–Crippen MR) is 171 cm³/mol. The van der Waals surface area contributed by atoms with Crippen molar-refractivity contribution in [2.45, 2.75) is 57.8 Å². The summed E-state index contributed by atoms with van der Waals surface area (Å²) >= 11 is 0. The van der Waals surface area contributed by atoms with Gasteiger partial charge in [-0.25, -0.2) is 9.59 Å². The monoisotopic (exact) mass is 642 g/mol. The van der Waals surface area contributed by atoms with Gasteiger partial charge in [0.1, 0.15) is 37.9 Å². The number of rotatable bonds is 18. The number of carbonyl (C=O) groups excluding carboxylic acids is 2. The molecule has 0 aromatic heterocycles. The molecule has 2 aromatic rings. The minimum atomic E-state index is -1.60. The van der Waals surface area contributed by atoms with Crippen molar-refractivity contribution in [3.63, 3.8) is 0 Å². The van der Waals surface area contributed by atoms with E-state index in [2.05, 4.69) is 38.3 Å². The highest BCUT2D eigenvalue weighted by Crippen LogP contribution is 2.40. The van der Waals surface area contributed by atoms with Crippen molar-refractivity contribution < 1.29 is 47.5 Å². The van der Waals surface area contributed by atoms with Crippen LogP contribution in [-0.4, -0.2) is 61.8 Å². The van der Waals surface area contributed by atoms with Gasteiger partial charge in [-0.1, -0.05) is 38.3 Å². The van der Waals surface area contributed by atoms with Gasteiger partial charge in [0.2, 0.25) is 0 Å². The second-order valence-electron chi connectivity index (χ2n) is 11.2. The molecule has 2 aromatic carbocycles. The van der Waals surface area contributed by atoms with E-state index in [0.717, 1.165) is 61.3 Å². The number of aliphatic hydroxyl groups is 2. The van der Waals surface area contributed by atoms with Crippen molar-refractivity contribution in [3.8, 4) is 22.6 Å². The van der Waals surface area contributed by atoms with E-state index in [-0.39, 0.29) is 37.6 Å². The molecule has 2 N–H and O–H groups in total. The zero-order valence-corrected chi connectivity index (χ0v) is 26.4. The molecule has 0 atom stereocenters. The Morgan fingerprint density at radius 1 is 0.848 bits per heavy atom. The quantitative estimate of drug-likeness (QED) is 0.105. The zero-order valence-electron chi connectivity index (χ0n) is 26.4. The minimum absolute atomic E-state index is 0.0489. The van der Waals surface area contributed by atoms with Crippen LogP contribution in [0.4, 0.5) is 8.78 Å². The SMILES string of the molecule is C=C(CO)C(=O)OCCOc1cc(OCCOC(=O)C(=C)CO)cc(-c2ccc(C3CCC(CCC=C(F)F)CC3)cc2CC)c1. The zero-order chi connectivity index (χ0) is 33.5. The lowest BCUT2D eigenvalue weighted by atomic mass is 9.76. The van der Waals surface area contributed by atoms with Gasteiger partial charge in [-0.15, -0.1) is 0 Å². The van der Waals surface area contributed by atoms with Crippen LogP contribution in [0, 0.1) is 5.92 Å². The fraction of sp³-hybridized carbons (Fsp3) is 0.444. The molecule has 0 spiro atoms. The first kappa shape index (κ1) is 36.4. The van der Waals surface area contributed by atoms with E-state index in [0.29, 0.717) is 29.8 Å². The van der Waals surface area contributed by atoms with Crippen molar-refractivity contribution in [2.24, 2.45) is 5.92 Å². The molecule has 1 aliphatic rings. The normalized spacial score (nSPS) is 15.8. The molecule has 0 aliphatic heterocycles. The van der Waals surface area contributed by atoms with Crippen molar-refractivity contribution >= 4 is 11.9 Å². The Kier molecular flexibility index (Phi) is 14.9. The first-order valence-corrected chi connectivity index (χ1v) is 15.6. The lowest BCUT2D eigenvalue weighted by molar-refractivity contribution is -0.141. The summed E-state index contributed by atoms with van der Waals surface area (Å²) in [5, 5.41) is 18.1. The third kappa shape index (κ3) is 11.4. The van der Waals surface area contributed by atoms with Crippen LogP contribution < -0.4 is 9.47 Å². The maximum absolute atomic E-state index is 12.4. The summed E-state index contributed by atoms with van der Waals surface area (Å²) in [6.07, 6.45) is 5.55. The van der Waals surface area contributed by atoms with Gasteiger partial charge >= 0.3 is 11.9 Å². The first-order valence-electron chi connectivity index (χ1n) is 15.6. The maximum Gasteiger partial charge on any atom is 0.335 e. The summed E-state index contributed by atoms with van der Waals surface area (Å²) in [7, 11) is 0. The van der Waals surface area contributed by atoms with E-state index in [1.165, 1.54) is 5.56 Å². The van der Waals surface area contributed by atoms with E-state index in [4.69, 9.17) is 29.2 Å². The average molecular weight is 643 g/mol. The van der Waals surface area contributed by atoms with Crippen LogP contribution >= 0.6 is 0 Å². The summed E-state index contributed by atoms with van der Waals surface area (Å²) < 4.78 is 46.7. The van der Waals surface area contributed by atoms with Gasteiger partial charge in [-0.05, 0) is 97.2 Å². The first-order chi connectivity index (χ1) is 22.1. The fourth-order valence-corrected chi connectivity index (χ4v) is 5.47. The molecule has 0 bridgehead atoms. The van der Waals surface area contributed by atoms with Crippen LogP contribution in [0.2, 0.25) is 0 Å².